The number of hydrogen-bond donors (Lipinski definition) is 1. The number of rotatable bonds is 8. The summed E-state index contributed by atoms with van der Waals surface area (Å²) in [5.41, 5.74) is 2.58. The van der Waals surface area contributed by atoms with Crippen molar-refractivity contribution in [3.63, 3.8) is 0 Å². The zero-order valence-corrected chi connectivity index (χ0v) is 16.0. The number of likely N-dealkylation sites (tertiary alicyclic amines) is 1. The van der Waals surface area contributed by atoms with Gasteiger partial charge in [0, 0.05) is 25.7 Å². The Morgan fingerprint density at radius 1 is 1.15 bits per heavy atom. The van der Waals surface area contributed by atoms with Crippen LogP contribution < -0.4 is 5.32 Å². The van der Waals surface area contributed by atoms with Crippen LogP contribution in [0.15, 0.2) is 24.3 Å². The Hall–Kier alpha value is -1.88. The summed E-state index contributed by atoms with van der Waals surface area (Å²) in [5, 5.41) is 2.81. The van der Waals surface area contributed by atoms with Gasteiger partial charge in [-0.25, -0.2) is 0 Å². The summed E-state index contributed by atoms with van der Waals surface area (Å²) in [4.78, 5) is 28.5. The van der Waals surface area contributed by atoms with Crippen LogP contribution in [0.1, 0.15) is 56.6 Å². The molecule has 1 aliphatic heterocycles. The third-order valence-electron chi connectivity index (χ3n) is 5.34. The summed E-state index contributed by atoms with van der Waals surface area (Å²) in [6, 6.07) is 9.19. The van der Waals surface area contributed by atoms with Crippen LogP contribution in [-0.2, 0) is 16.1 Å². The molecule has 2 fully saturated rings. The van der Waals surface area contributed by atoms with Crippen molar-refractivity contribution in [2.75, 3.05) is 26.2 Å². The monoisotopic (exact) mass is 357 g/mol. The third kappa shape index (κ3) is 5.31. The molecule has 1 aromatic rings. The summed E-state index contributed by atoms with van der Waals surface area (Å²) in [7, 11) is 0. The highest BCUT2D eigenvalue weighted by Crippen LogP contribution is 2.28. The van der Waals surface area contributed by atoms with E-state index in [1.54, 1.807) is 0 Å². The molecule has 142 valence electrons. The van der Waals surface area contributed by atoms with Gasteiger partial charge in [-0.3, -0.25) is 14.5 Å². The van der Waals surface area contributed by atoms with Crippen molar-refractivity contribution < 1.29 is 9.59 Å². The van der Waals surface area contributed by atoms with Crippen LogP contribution in [-0.4, -0.2) is 53.8 Å². The quantitative estimate of drug-likeness (QED) is 0.778. The second-order valence-corrected chi connectivity index (χ2v) is 7.90. The normalized spacial score (nSPS) is 17.2. The SMILES string of the molecule is CC(C)c1ccc(CN(CC(=O)NCC(=O)N2CCCC2)C2CC2)cc1. The molecule has 0 spiro atoms. The average Bonchev–Trinajstić information content (AvgIpc) is 3.33. The molecule has 5 heteroatoms. The first-order valence-corrected chi connectivity index (χ1v) is 9.90. The van der Waals surface area contributed by atoms with E-state index in [1.807, 2.05) is 4.90 Å². The van der Waals surface area contributed by atoms with Crippen molar-refractivity contribution in [1.82, 2.24) is 15.1 Å². The smallest absolute Gasteiger partial charge is 0.241 e. The lowest BCUT2D eigenvalue weighted by Gasteiger charge is -2.22. The molecule has 0 radical (unpaired) electrons. The molecular weight excluding hydrogens is 326 g/mol. The first kappa shape index (κ1) is 18.9. The van der Waals surface area contributed by atoms with Crippen LogP contribution in [0.5, 0.6) is 0 Å². The summed E-state index contributed by atoms with van der Waals surface area (Å²) >= 11 is 0. The Balaban J connectivity index is 1.48. The minimum atomic E-state index is -0.0525. The minimum Gasteiger partial charge on any atom is -0.346 e. The molecule has 1 aliphatic carbocycles. The van der Waals surface area contributed by atoms with E-state index in [9.17, 15) is 9.59 Å². The number of carbonyl (C=O) groups excluding carboxylic acids is 2. The van der Waals surface area contributed by atoms with Gasteiger partial charge in [0.1, 0.15) is 0 Å². The summed E-state index contributed by atoms with van der Waals surface area (Å²) in [6.45, 7) is 7.32. The van der Waals surface area contributed by atoms with Gasteiger partial charge in [-0.05, 0) is 42.7 Å². The Kier molecular flexibility index (Phi) is 6.30. The van der Waals surface area contributed by atoms with E-state index in [0.717, 1.165) is 45.3 Å². The van der Waals surface area contributed by atoms with Gasteiger partial charge in [0.15, 0.2) is 0 Å². The first-order valence-electron chi connectivity index (χ1n) is 9.90. The number of hydrogen-bond acceptors (Lipinski definition) is 3. The van der Waals surface area contributed by atoms with Crippen molar-refractivity contribution >= 4 is 11.8 Å². The van der Waals surface area contributed by atoms with Crippen molar-refractivity contribution in [1.29, 1.82) is 0 Å². The fourth-order valence-electron chi connectivity index (χ4n) is 3.49. The van der Waals surface area contributed by atoms with Gasteiger partial charge in [0.2, 0.25) is 11.8 Å². The van der Waals surface area contributed by atoms with E-state index in [2.05, 4.69) is 48.3 Å². The maximum atomic E-state index is 12.3. The number of nitrogens with one attached hydrogen (secondary N) is 1. The highest BCUT2D eigenvalue weighted by molar-refractivity contribution is 5.85. The molecule has 0 unspecified atom stereocenters. The molecule has 2 amide bonds. The third-order valence-corrected chi connectivity index (χ3v) is 5.34. The predicted octanol–water partition coefficient (Wildman–Crippen LogP) is 2.51. The van der Waals surface area contributed by atoms with Crippen LogP contribution >= 0.6 is 0 Å². The fourth-order valence-corrected chi connectivity index (χ4v) is 3.49. The number of carbonyl (C=O) groups is 2. The molecule has 1 aromatic carbocycles. The topological polar surface area (TPSA) is 52.7 Å². The highest BCUT2D eigenvalue weighted by atomic mass is 16.2. The van der Waals surface area contributed by atoms with E-state index in [1.165, 1.54) is 11.1 Å². The van der Waals surface area contributed by atoms with E-state index < -0.39 is 0 Å². The largest absolute Gasteiger partial charge is 0.346 e. The van der Waals surface area contributed by atoms with E-state index in [4.69, 9.17) is 0 Å². The standard InChI is InChI=1S/C21H31N3O2/c1-16(2)18-7-5-17(6-8-18)14-24(19-9-10-19)15-20(25)22-13-21(26)23-11-3-4-12-23/h5-8,16,19H,3-4,9-15H2,1-2H3,(H,22,25). The molecule has 1 saturated carbocycles. The van der Waals surface area contributed by atoms with Gasteiger partial charge in [-0.1, -0.05) is 38.1 Å². The zero-order chi connectivity index (χ0) is 18.5. The maximum absolute atomic E-state index is 12.3. The maximum Gasteiger partial charge on any atom is 0.241 e. The fraction of sp³-hybridized carbons (Fsp3) is 0.619. The van der Waals surface area contributed by atoms with Gasteiger partial charge in [-0.2, -0.15) is 0 Å². The lowest BCUT2D eigenvalue weighted by atomic mass is 10.0. The summed E-state index contributed by atoms with van der Waals surface area (Å²) in [6.07, 6.45) is 4.46. The van der Waals surface area contributed by atoms with E-state index in [-0.39, 0.29) is 18.4 Å². The van der Waals surface area contributed by atoms with Gasteiger partial charge < -0.3 is 10.2 Å². The molecule has 0 atom stereocenters. The van der Waals surface area contributed by atoms with Crippen LogP contribution in [0.2, 0.25) is 0 Å². The van der Waals surface area contributed by atoms with Crippen LogP contribution in [0, 0.1) is 0 Å². The van der Waals surface area contributed by atoms with Gasteiger partial charge >= 0.3 is 0 Å². The predicted molar refractivity (Wildman–Crippen MR) is 103 cm³/mol. The number of nitrogens with zero attached hydrogens (tertiary/aromatic N) is 2. The Morgan fingerprint density at radius 3 is 2.38 bits per heavy atom. The van der Waals surface area contributed by atoms with E-state index >= 15 is 0 Å². The van der Waals surface area contributed by atoms with Crippen molar-refractivity contribution in [3.05, 3.63) is 35.4 Å². The lowest BCUT2D eigenvalue weighted by molar-refractivity contribution is -0.132. The zero-order valence-electron chi connectivity index (χ0n) is 16.0. The Labute approximate surface area is 156 Å². The van der Waals surface area contributed by atoms with Crippen molar-refractivity contribution in [3.8, 4) is 0 Å². The Bertz CT molecular complexity index is 617. The molecule has 1 saturated heterocycles. The Morgan fingerprint density at radius 2 is 1.81 bits per heavy atom. The van der Waals surface area contributed by atoms with Gasteiger partial charge in [0.25, 0.3) is 0 Å². The molecule has 0 bridgehead atoms. The summed E-state index contributed by atoms with van der Waals surface area (Å²) < 4.78 is 0. The van der Waals surface area contributed by atoms with Crippen LogP contribution in [0.3, 0.4) is 0 Å². The van der Waals surface area contributed by atoms with Crippen LogP contribution in [0.25, 0.3) is 0 Å². The lowest BCUT2D eigenvalue weighted by Crippen LogP contribution is -2.43. The molecule has 3 rings (SSSR count). The molecule has 2 aliphatic rings. The van der Waals surface area contributed by atoms with E-state index in [0.29, 0.717) is 18.5 Å². The molecule has 26 heavy (non-hydrogen) atoms. The van der Waals surface area contributed by atoms with Crippen molar-refractivity contribution in [2.45, 2.75) is 58.0 Å². The number of amides is 2. The number of benzene rings is 1. The molecular formula is C21H31N3O2. The van der Waals surface area contributed by atoms with Crippen LogP contribution in [0.4, 0.5) is 0 Å². The van der Waals surface area contributed by atoms with Gasteiger partial charge in [0.05, 0.1) is 13.1 Å². The first-order chi connectivity index (χ1) is 12.5. The van der Waals surface area contributed by atoms with Gasteiger partial charge in [-0.15, -0.1) is 0 Å². The summed E-state index contributed by atoms with van der Waals surface area (Å²) in [5.74, 6) is 0.517. The molecule has 5 nitrogen and oxygen atoms in total. The molecule has 1 heterocycles. The van der Waals surface area contributed by atoms with Crippen molar-refractivity contribution in [2.24, 2.45) is 0 Å². The average molecular weight is 357 g/mol. The molecule has 1 N–H and O–H groups in total. The second-order valence-electron chi connectivity index (χ2n) is 7.90. The molecule has 0 aromatic heterocycles. The highest BCUT2D eigenvalue weighted by Gasteiger charge is 2.30. The minimum absolute atomic E-state index is 0.0399. The second kappa shape index (κ2) is 8.67.